The number of halogens is 1. The Hall–Kier alpha value is -2.11. The van der Waals surface area contributed by atoms with Crippen molar-refractivity contribution in [3.8, 4) is 5.75 Å². The Labute approximate surface area is 121 Å². The lowest BCUT2D eigenvalue weighted by molar-refractivity contribution is 0.0953. The molecule has 1 amide bonds. The monoisotopic (exact) mass is 291 g/mol. The van der Waals surface area contributed by atoms with Crippen molar-refractivity contribution in [3.63, 3.8) is 0 Å². The van der Waals surface area contributed by atoms with Crippen LogP contribution in [0.25, 0.3) is 0 Å². The highest BCUT2D eigenvalue weighted by molar-refractivity contribution is 6.32. The van der Waals surface area contributed by atoms with Gasteiger partial charge in [-0.05, 0) is 36.8 Å². The smallest absolute Gasteiger partial charge is 0.266 e. The largest absolute Gasteiger partial charge is 0.486 e. The zero-order valence-corrected chi connectivity index (χ0v) is 11.6. The summed E-state index contributed by atoms with van der Waals surface area (Å²) in [5, 5.41) is 0.551. The third-order valence-electron chi connectivity index (χ3n) is 2.68. The molecule has 0 atom stereocenters. The summed E-state index contributed by atoms with van der Waals surface area (Å²) >= 11 is 6.04. The van der Waals surface area contributed by atoms with Crippen LogP contribution in [-0.2, 0) is 6.61 Å². The molecule has 0 aliphatic carbocycles. The minimum atomic E-state index is -0.383. The quantitative estimate of drug-likeness (QED) is 0.514. The average molecular weight is 292 g/mol. The molecule has 0 aliphatic rings. The van der Waals surface area contributed by atoms with E-state index in [4.69, 9.17) is 22.2 Å². The van der Waals surface area contributed by atoms with Gasteiger partial charge < -0.3 is 4.74 Å². The van der Waals surface area contributed by atoms with Gasteiger partial charge in [-0.2, -0.15) is 0 Å². The first-order chi connectivity index (χ1) is 9.60. The molecule has 0 spiro atoms. The fourth-order valence-electron chi connectivity index (χ4n) is 1.60. The maximum absolute atomic E-state index is 11.3. The second kappa shape index (κ2) is 6.36. The number of hydrogen-bond donors (Lipinski definition) is 2. The fourth-order valence-corrected chi connectivity index (χ4v) is 1.77. The van der Waals surface area contributed by atoms with E-state index in [2.05, 4.69) is 4.98 Å². The van der Waals surface area contributed by atoms with E-state index in [0.29, 0.717) is 22.0 Å². The molecule has 1 aromatic heterocycles. The zero-order chi connectivity index (χ0) is 14.5. The molecular formula is C14H14ClN3O2. The number of carbonyl (C=O) groups is 1. The Bertz CT molecular complexity index is 614. The van der Waals surface area contributed by atoms with Crippen LogP contribution in [0.1, 0.15) is 21.6 Å². The number of nitrogens with one attached hydrogen (secondary N) is 1. The van der Waals surface area contributed by atoms with Crippen molar-refractivity contribution < 1.29 is 9.53 Å². The molecule has 3 N–H and O–H groups in total. The molecule has 0 radical (unpaired) electrons. The number of nitrogen functional groups attached to an aromatic ring is 1. The third-order valence-corrected chi connectivity index (χ3v) is 2.99. The number of amides is 1. The molecule has 0 saturated heterocycles. The van der Waals surface area contributed by atoms with E-state index in [1.54, 1.807) is 18.2 Å². The second-order valence-electron chi connectivity index (χ2n) is 4.23. The van der Waals surface area contributed by atoms with Crippen molar-refractivity contribution in [1.29, 1.82) is 0 Å². The van der Waals surface area contributed by atoms with Crippen LogP contribution in [0.5, 0.6) is 5.75 Å². The lowest BCUT2D eigenvalue weighted by atomic mass is 10.2. The van der Waals surface area contributed by atoms with Gasteiger partial charge in [0.1, 0.15) is 12.4 Å². The van der Waals surface area contributed by atoms with Gasteiger partial charge in [-0.25, -0.2) is 5.84 Å². The van der Waals surface area contributed by atoms with Crippen molar-refractivity contribution in [3.05, 3.63) is 58.4 Å². The number of hydrogen-bond acceptors (Lipinski definition) is 4. The molecule has 0 aliphatic heterocycles. The standard InChI is InChI=1S/C14H14ClN3O2/c1-9-2-5-12(15)13(6-9)20-8-11-4-3-10(7-17-11)14(19)18-16/h2-7H,8,16H2,1H3,(H,18,19). The molecule has 20 heavy (non-hydrogen) atoms. The summed E-state index contributed by atoms with van der Waals surface area (Å²) in [5.41, 5.74) is 4.19. The molecule has 2 aromatic rings. The van der Waals surface area contributed by atoms with Gasteiger partial charge in [-0.15, -0.1) is 0 Å². The molecule has 0 unspecified atom stereocenters. The molecule has 1 heterocycles. The van der Waals surface area contributed by atoms with Crippen LogP contribution in [0.3, 0.4) is 0 Å². The summed E-state index contributed by atoms with van der Waals surface area (Å²) in [5.74, 6) is 5.27. The number of aryl methyl sites for hydroxylation is 1. The number of carbonyl (C=O) groups excluding carboxylic acids is 1. The van der Waals surface area contributed by atoms with Crippen molar-refractivity contribution in [1.82, 2.24) is 10.4 Å². The summed E-state index contributed by atoms with van der Waals surface area (Å²) in [6.45, 7) is 2.23. The van der Waals surface area contributed by atoms with Crippen LogP contribution >= 0.6 is 11.6 Å². The first kappa shape index (κ1) is 14.3. The number of nitrogens with zero attached hydrogens (tertiary/aromatic N) is 1. The Morgan fingerprint density at radius 2 is 2.20 bits per heavy atom. The highest BCUT2D eigenvalue weighted by Crippen LogP contribution is 2.25. The fraction of sp³-hybridized carbons (Fsp3) is 0.143. The predicted octanol–water partition coefficient (Wildman–Crippen LogP) is 2.23. The van der Waals surface area contributed by atoms with Gasteiger partial charge in [0.2, 0.25) is 0 Å². The highest BCUT2D eigenvalue weighted by Gasteiger charge is 2.06. The van der Waals surface area contributed by atoms with Gasteiger partial charge in [0.25, 0.3) is 5.91 Å². The second-order valence-corrected chi connectivity index (χ2v) is 4.64. The highest BCUT2D eigenvalue weighted by atomic mass is 35.5. The number of ether oxygens (including phenoxy) is 1. The minimum Gasteiger partial charge on any atom is -0.486 e. The molecule has 0 saturated carbocycles. The summed E-state index contributed by atoms with van der Waals surface area (Å²) in [7, 11) is 0. The Balaban J connectivity index is 2.04. The Morgan fingerprint density at radius 3 is 2.85 bits per heavy atom. The maximum Gasteiger partial charge on any atom is 0.266 e. The Morgan fingerprint density at radius 1 is 1.40 bits per heavy atom. The summed E-state index contributed by atoms with van der Waals surface area (Å²) in [6, 6.07) is 8.89. The first-order valence-electron chi connectivity index (χ1n) is 5.95. The van der Waals surface area contributed by atoms with Crippen molar-refractivity contribution in [2.75, 3.05) is 0 Å². The number of pyridine rings is 1. The van der Waals surface area contributed by atoms with Crippen LogP contribution in [0, 0.1) is 6.92 Å². The number of nitrogens with two attached hydrogens (primary N) is 1. The lowest BCUT2D eigenvalue weighted by Gasteiger charge is -2.08. The SMILES string of the molecule is Cc1ccc(Cl)c(OCc2ccc(C(=O)NN)cn2)c1. The number of aromatic nitrogens is 1. The van der Waals surface area contributed by atoms with E-state index in [0.717, 1.165) is 5.56 Å². The van der Waals surface area contributed by atoms with Crippen LogP contribution in [-0.4, -0.2) is 10.9 Å². The average Bonchev–Trinajstić information content (AvgIpc) is 2.48. The van der Waals surface area contributed by atoms with Crippen molar-refractivity contribution in [2.24, 2.45) is 5.84 Å². The molecule has 6 heteroatoms. The van der Waals surface area contributed by atoms with Crippen LogP contribution in [0.2, 0.25) is 5.02 Å². The van der Waals surface area contributed by atoms with Crippen LogP contribution in [0.4, 0.5) is 0 Å². The number of rotatable bonds is 4. The topological polar surface area (TPSA) is 77.2 Å². The van der Waals surface area contributed by atoms with Gasteiger partial charge in [0, 0.05) is 6.20 Å². The molecule has 0 fully saturated rings. The summed E-state index contributed by atoms with van der Waals surface area (Å²) in [4.78, 5) is 15.4. The van der Waals surface area contributed by atoms with E-state index >= 15 is 0 Å². The van der Waals surface area contributed by atoms with Gasteiger partial charge >= 0.3 is 0 Å². The van der Waals surface area contributed by atoms with Gasteiger partial charge in [0.05, 0.1) is 16.3 Å². The third kappa shape index (κ3) is 3.46. The van der Waals surface area contributed by atoms with Crippen molar-refractivity contribution in [2.45, 2.75) is 13.5 Å². The molecule has 2 rings (SSSR count). The summed E-state index contributed by atoms with van der Waals surface area (Å²) < 4.78 is 5.61. The first-order valence-corrected chi connectivity index (χ1v) is 6.33. The van der Waals surface area contributed by atoms with Crippen molar-refractivity contribution >= 4 is 17.5 Å². The van der Waals surface area contributed by atoms with E-state index in [-0.39, 0.29) is 12.5 Å². The van der Waals surface area contributed by atoms with Crippen LogP contribution < -0.4 is 16.0 Å². The zero-order valence-electron chi connectivity index (χ0n) is 10.9. The minimum absolute atomic E-state index is 0.272. The Kier molecular flexibility index (Phi) is 4.55. The summed E-state index contributed by atoms with van der Waals surface area (Å²) in [6.07, 6.45) is 1.44. The number of benzene rings is 1. The van der Waals surface area contributed by atoms with Gasteiger partial charge in [-0.1, -0.05) is 17.7 Å². The molecule has 0 bridgehead atoms. The lowest BCUT2D eigenvalue weighted by Crippen LogP contribution is -2.30. The normalized spacial score (nSPS) is 10.2. The van der Waals surface area contributed by atoms with E-state index < -0.39 is 0 Å². The van der Waals surface area contributed by atoms with E-state index in [1.165, 1.54) is 6.20 Å². The maximum atomic E-state index is 11.3. The molecular weight excluding hydrogens is 278 g/mol. The predicted molar refractivity (Wildman–Crippen MR) is 76.4 cm³/mol. The van der Waals surface area contributed by atoms with E-state index in [9.17, 15) is 4.79 Å². The molecule has 1 aromatic carbocycles. The van der Waals surface area contributed by atoms with Gasteiger partial charge in [-0.3, -0.25) is 15.2 Å². The van der Waals surface area contributed by atoms with E-state index in [1.807, 2.05) is 24.5 Å². The van der Waals surface area contributed by atoms with Crippen LogP contribution in [0.15, 0.2) is 36.5 Å². The number of hydrazine groups is 1. The molecule has 104 valence electrons. The molecule has 5 nitrogen and oxygen atoms in total. The van der Waals surface area contributed by atoms with Gasteiger partial charge in [0.15, 0.2) is 0 Å².